The molecule has 0 unspecified atom stereocenters. The zero-order chi connectivity index (χ0) is 30.4. The van der Waals surface area contributed by atoms with Gasteiger partial charge in [-0.05, 0) is 82.6 Å². The van der Waals surface area contributed by atoms with E-state index in [-0.39, 0.29) is 12.0 Å². The summed E-state index contributed by atoms with van der Waals surface area (Å²) in [5.41, 5.74) is 2.31. The van der Waals surface area contributed by atoms with Crippen molar-refractivity contribution < 1.29 is 18.8 Å². The second-order valence-electron chi connectivity index (χ2n) is 12.1. The summed E-state index contributed by atoms with van der Waals surface area (Å²) in [6, 6.07) is 13.3. The first-order chi connectivity index (χ1) is 20.6. The van der Waals surface area contributed by atoms with Crippen molar-refractivity contribution in [2.24, 2.45) is 11.8 Å². The number of para-hydroxylation sites is 1. The maximum atomic E-state index is 13.5. The number of aromatic nitrogens is 4. The number of nitrogens with one attached hydrogen (secondary N) is 3. The lowest BCUT2D eigenvalue weighted by Crippen LogP contribution is -2.37. The fraction of sp³-hybridized carbons (Fsp3) is 0.438. The van der Waals surface area contributed by atoms with Gasteiger partial charge in [0.2, 0.25) is 5.89 Å². The van der Waals surface area contributed by atoms with Crippen molar-refractivity contribution >= 4 is 28.7 Å². The van der Waals surface area contributed by atoms with Crippen LogP contribution in [0.4, 0.5) is 10.6 Å². The van der Waals surface area contributed by atoms with E-state index >= 15 is 0 Å². The number of pyridine rings is 2. The molecule has 11 nitrogen and oxygen atoms in total. The minimum absolute atomic E-state index is 0.116. The number of fused-ring (bicyclic) bond motifs is 1. The Morgan fingerprint density at radius 2 is 1.70 bits per heavy atom. The highest BCUT2D eigenvalue weighted by Crippen LogP contribution is 2.29. The van der Waals surface area contributed by atoms with Crippen LogP contribution in [0.15, 0.2) is 53.2 Å². The van der Waals surface area contributed by atoms with Crippen molar-refractivity contribution in [3.05, 3.63) is 65.9 Å². The normalized spacial score (nSPS) is 16.9. The molecule has 1 aliphatic rings. The van der Waals surface area contributed by atoms with Gasteiger partial charge in [-0.1, -0.05) is 23.4 Å². The van der Waals surface area contributed by atoms with Crippen LogP contribution in [0.2, 0.25) is 0 Å². The highest BCUT2D eigenvalue weighted by Gasteiger charge is 2.24. The molecule has 0 saturated heterocycles. The molecule has 0 spiro atoms. The van der Waals surface area contributed by atoms with Gasteiger partial charge in [0.15, 0.2) is 5.82 Å². The molecule has 1 aliphatic carbocycles. The predicted octanol–water partition coefficient (Wildman–Crippen LogP) is 5.66. The van der Waals surface area contributed by atoms with Crippen LogP contribution in [0.1, 0.15) is 68.5 Å². The van der Waals surface area contributed by atoms with Crippen molar-refractivity contribution in [2.45, 2.75) is 65.5 Å². The van der Waals surface area contributed by atoms with Gasteiger partial charge < -0.3 is 25.2 Å². The summed E-state index contributed by atoms with van der Waals surface area (Å²) in [4.78, 5) is 38.9. The average Bonchev–Trinajstić information content (AvgIpc) is 3.42. The Morgan fingerprint density at radius 3 is 2.35 bits per heavy atom. The number of carbonyl (C=O) groups is 2. The number of anilines is 1. The van der Waals surface area contributed by atoms with E-state index in [9.17, 15) is 9.59 Å². The Kier molecular flexibility index (Phi) is 9.18. The maximum absolute atomic E-state index is 13.5. The Balaban J connectivity index is 1.18. The third-order valence-corrected chi connectivity index (χ3v) is 7.47. The third kappa shape index (κ3) is 8.27. The van der Waals surface area contributed by atoms with Crippen LogP contribution >= 0.6 is 0 Å². The highest BCUT2D eigenvalue weighted by molar-refractivity contribution is 6.07. The van der Waals surface area contributed by atoms with Crippen LogP contribution in [-0.2, 0) is 11.3 Å². The molecular weight excluding hydrogens is 546 g/mol. The van der Waals surface area contributed by atoms with Gasteiger partial charge in [0.05, 0.1) is 23.3 Å². The van der Waals surface area contributed by atoms with Gasteiger partial charge in [-0.3, -0.25) is 4.79 Å². The molecule has 4 aromatic rings. The van der Waals surface area contributed by atoms with Gasteiger partial charge in [0.1, 0.15) is 11.4 Å². The monoisotopic (exact) mass is 585 g/mol. The first kappa shape index (κ1) is 29.9. The van der Waals surface area contributed by atoms with Crippen molar-refractivity contribution in [3.63, 3.8) is 0 Å². The SMILES string of the molecule is Cc1nc(CNc2ccc(-c3cc(C(=O)NCC4CCC(CNC(=O)OC(C)(C)C)CC4)c4ccccc4n3)cn2)no1. The van der Waals surface area contributed by atoms with E-state index in [1.54, 1.807) is 13.1 Å². The number of hydrogen-bond acceptors (Lipinski definition) is 9. The summed E-state index contributed by atoms with van der Waals surface area (Å²) >= 11 is 0. The molecule has 11 heteroatoms. The molecule has 5 rings (SSSR count). The number of amides is 2. The molecular formula is C32H39N7O4. The number of carbonyl (C=O) groups excluding carboxylic acids is 2. The highest BCUT2D eigenvalue weighted by atomic mass is 16.6. The molecule has 43 heavy (non-hydrogen) atoms. The molecule has 0 bridgehead atoms. The summed E-state index contributed by atoms with van der Waals surface area (Å²) in [7, 11) is 0. The van der Waals surface area contributed by atoms with Crippen molar-refractivity contribution in [3.8, 4) is 11.3 Å². The second-order valence-corrected chi connectivity index (χ2v) is 12.1. The molecule has 0 radical (unpaired) electrons. The lowest BCUT2D eigenvalue weighted by Gasteiger charge is -2.29. The second kappa shape index (κ2) is 13.2. The van der Waals surface area contributed by atoms with Crippen LogP contribution < -0.4 is 16.0 Å². The first-order valence-corrected chi connectivity index (χ1v) is 14.8. The number of nitrogens with zero attached hydrogens (tertiary/aromatic N) is 4. The molecule has 226 valence electrons. The Hall–Kier alpha value is -4.54. The first-order valence-electron chi connectivity index (χ1n) is 14.8. The molecule has 0 atom stereocenters. The van der Waals surface area contributed by atoms with E-state index in [2.05, 4.69) is 31.1 Å². The van der Waals surface area contributed by atoms with Crippen LogP contribution in [-0.4, -0.2) is 50.8 Å². The lowest BCUT2D eigenvalue weighted by atomic mass is 9.82. The summed E-state index contributed by atoms with van der Waals surface area (Å²) in [5, 5.41) is 13.9. The Labute approximate surface area is 251 Å². The third-order valence-electron chi connectivity index (χ3n) is 7.47. The van der Waals surface area contributed by atoms with Gasteiger partial charge in [0.25, 0.3) is 5.91 Å². The number of aryl methyl sites for hydroxylation is 1. The van der Waals surface area contributed by atoms with Crippen LogP contribution in [0.3, 0.4) is 0 Å². The van der Waals surface area contributed by atoms with E-state index < -0.39 is 5.60 Å². The summed E-state index contributed by atoms with van der Waals surface area (Å²) in [6.07, 6.45) is 5.38. The number of alkyl carbamates (subject to hydrolysis) is 1. The Morgan fingerprint density at radius 1 is 0.977 bits per heavy atom. The fourth-order valence-electron chi connectivity index (χ4n) is 5.26. The fourth-order valence-corrected chi connectivity index (χ4v) is 5.26. The van der Waals surface area contributed by atoms with Crippen molar-refractivity contribution in [1.82, 2.24) is 30.7 Å². The summed E-state index contributed by atoms with van der Waals surface area (Å²) < 4.78 is 10.3. The quantitative estimate of drug-likeness (QED) is 0.227. The molecule has 3 N–H and O–H groups in total. The topological polar surface area (TPSA) is 144 Å². The molecule has 2 amide bonds. The molecule has 1 aromatic carbocycles. The average molecular weight is 586 g/mol. The smallest absolute Gasteiger partial charge is 0.407 e. The largest absolute Gasteiger partial charge is 0.444 e. The van der Waals surface area contributed by atoms with Gasteiger partial charge >= 0.3 is 6.09 Å². The number of benzene rings is 1. The standard InChI is InChI=1S/C32H39N7O4/c1-20-37-29(39-43-20)19-34-28-14-13-23(18-33-28)27-15-25(24-7-5-6-8-26(24)38-27)30(40)35-16-21-9-11-22(12-10-21)17-36-31(41)42-32(2,3)4/h5-8,13-15,18,21-22H,9-12,16-17,19H2,1-4H3,(H,33,34)(H,35,40)(H,36,41). The predicted molar refractivity (Wildman–Crippen MR) is 163 cm³/mol. The zero-order valence-corrected chi connectivity index (χ0v) is 25.1. The van der Waals surface area contributed by atoms with E-state index in [0.717, 1.165) is 42.1 Å². The van der Waals surface area contributed by atoms with Gasteiger partial charge in [0, 0.05) is 37.2 Å². The Bertz CT molecular complexity index is 1550. The van der Waals surface area contributed by atoms with Crippen molar-refractivity contribution in [1.29, 1.82) is 0 Å². The molecule has 3 heterocycles. The minimum Gasteiger partial charge on any atom is -0.444 e. The van der Waals surface area contributed by atoms with Gasteiger partial charge in [-0.15, -0.1) is 0 Å². The molecule has 1 fully saturated rings. The van der Waals surface area contributed by atoms with E-state index in [1.807, 2.05) is 63.2 Å². The van der Waals surface area contributed by atoms with E-state index in [4.69, 9.17) is 14.2 Å². The number of ether oxygens (including phenoxy) is 1. The molecule has 3 aromatic heterocycles. The van der Waals surface area contributed by atoms with Crippen LogP contribution in [0.25, 0.3) is 22.2 Å². The summed E-state index contributed by atoms with van der Waals surface area (Å²) in [6.45, 7) is 8.94. The van der Waals surface area contributed by atoms with E-state index in [0.29, 0.717) is 60.3 Å². The summed E-state index contributed by atoms with van der Waals surface area (Å²) in [5.74, 6) is 2.44. The van der Waals surface area contributed by atoms with E-state index in [1.165, 1.54) is 0 Å². The minimum atomic E-state index is -0.503. The number of hydrogen-bond donors (Lipinski definition) is 3. The molecule has 0 aliphatic heterocycles. The van der Waals surface area contributed by atoms with Crippen molar-refractivity contribution in [2.75, 3.05) is 18.4 Å². The van der Waals surface area contributed by atoms with Crippen LogP contribution in [0.5, 0.6) is 0 Å². The number of rotatable bonds is 9. The van der Waals surface area contributed by atoms with Gasteiger partial charge in [-0.25, -0.2) is 14.8 Å². The van der Waals surface area contributed by atoms with Gasteiger partial charge in [-0.2, -0.15) is 4.98 Å². The molecule has 1 saturated carbocycles. The maximum Gasteiger partial charge on any atom is 0.407 e. The zero-order valence-electron chi connectivity index (χ0n) is 25.1. The van der Waals surface area contributed by atoms with Crippen LogP contribution in [0, 0.1) is 18.8 Å². The lowest BCUT2D eigenvalue weighted by molar-refractivity contribution is 0.0512.